The first-order valence-corrected chi connectivity index (χ1v) is 9.12. The first-order valence-electron chi connectivity index (χ1n) is 8.36. The number of hydrogen-bond donors (Lipinski definition) is 2. The molecule has 0 aromatic heterocycles. The molecule has 2 N–H and O–H groups in total. The molecule has 0 aliphatic carbocycles. The number of halogens is 2. The van der Waals surface area contributed by atoms with Gasteiger partial charge in [-0.25, -0.2) is 4.79 Å². The van der Waals surface area contributed by atoms with Gasteiger partial charge in [-0.2, -0.15) is 0 Å². The van der Waals surface area contributed by atoms with Crippen LogP contribution in [0.1, 0.15) is 25.0 Å². The fraction of sp³-hybridized carbons (Fsp3) is 0.200. The summed E-state index contributed by atoms with van der Waals surface area (Å²) in [7, 11) is 0. The van der Waals surface area contributed by atoms with Gasteiger partial charge in [0.1, 0.15) is 12.3 Å². The van der Waals surface area contributed by atoms with Gasteiger partial charge in [-0.15, -0.1) is 0 Å². The summed E-state index contributed by atoms with van der Waals surface area (Å²) in [5.41, 5.74) is 1.06. The Labute approximate surface area is 172 Å². The van der Waals surface area contributed by atoms with Crippen molar-refractivity contribution in [1.82, 2.24) is 5.32 Å². The molecule has 2 aromatic rings. The molecule has 0 atom stereocenters. The third-order valence-corrected chi connectivity index (χ3v) is 4.01. The number of rotatable bonds is 8. The van der Waals surface area contributed by atoms with Crippen molar-refractivity contribution in [1.29, 1.82) is 0 Å². The second-order valence-corrected chi connectivity index (χ2v) is 6.57. The fourth-order valence-electron chi connectivity index (χ4n) is 2.32. The molecule has 0 fully saturated rings. The maximum atomic E-state index is 11.3. The summed E-state index contributed by atoms with van der Waals surface area (Å²) in [6, 6.07) is 10.3. The molecule has 0 spiro atoms. The predicted octanol–water partition coefficient (Wildman–Crippen LogP) is 4.53. The molecule has 8 heteroatoms. The van der Waals surface area contributed by atoms with Gasteiger partial charge in [0, 0.05) is 11.9 Å². The highest BCUT2D eigenvalue weighted by Crippen LogP contribution is 2.37. The third kappa shape index (κ3) is 6.18. The molecule has 0 saturated heterocycles. The van der Waals surface area contributed by atoms with E-state index in [4.69, 9.17) is 32.7 Å². The normalized spacial score (nSPS) is 11.1. The Bertz CT molecular complexity index is 894. The van der Waals surface area contributed by atoms with E-state index in [1.54, 1.807) is 25.1 Å². The average Bonchev–Trinajstić information content (AvgIpc) is 2.62. The van der Waals surface area contributed by atoms with Gasteiger partial charge >= 0.3 is 5.97 Å². The summed E-state index contributed by atoms with van der Waals surface area (Å²) in [5.74, 6) is -1.06. The summed E-state index contributed by atoms with van der Waals surface area (Å²) >= 11 is 12.2. The van der Waals surface area contributed by atoms with Crippen LogP contribution in [0.3, 0.4) is 0 Å². The van der Waals surface area contributed by atoms with Crippen LogP contribution < -0.4 is 14.8 Å². The van der Waals surface area contributed by atoms with E-state index in [1.165, 1.54) is 19.1 Å². The molecule has 0 aliphatic heterocycles. The quantitative estimate of drug-likeness (QED) is 0.609. The summed E-state index contributed by atoms with van der Waals surface area (Å²) in [5, 5.41) is 12.4. The Hall–Kier alpha value is -2.70. The van der Waals surface area contributed by atoms with E-state index in [0.717, 1.165) is 5.56 Å². The molecule has 1 amide bonds. The molecule has 2 rings (SSSR count). The van der Waals surface area contributed by atoms with E-state index in [9.17, 15) is 14.7 Å². The van der Waals surface area contributed by atoms with E-state index >= 15 is 0 Å². The van der Waals surface area contributed by atoms with Gasteiger partial charge in [-0.05, 0) is 48.4 Å². The van der Waals surface area contributed by atoms with Gasteiger partial charge in [-0.1, -0.05) is 35.3 Å². The third-order valence-electron chi connectivity index (χ3n) is 3.48. The van der Waals surface area contributed by atoms with E-state index in [-0.39, 0.29) is 17.3 Å². The Morgan fingerprint density at radius 1 is 1.14 bits per heavy atom. The molecule has 0 saturated carbocycles. The van der Waals surface area contributed by atoms with Crippen LogP contribution in [0.5, 0.6) is 11.5 Å². The Kier molecular flexibility index (Phi) is 7.72. The highest BCUT2D eigenvalue weighted by Gasteiger charge is 2.15. The minimum atomic E-state index is -1.27. The van der Waals surface area contributed by atoms with Crippen LogP contribution in [-0.2, 0) is 16.2 Å². The summed E-state index contributed by atoms with van der Waals surface area (Å²) in [6.07, 6.45) is 1.29. The standard InChI is InChI=1S/C20H19Cl2NO5/c1-3-27-18-10-14(9-17(20(25)26)23-12(2)24)8-16(22)19(18)28-11-13-4-6-15(21)7-5-13/h4-10H,3,11H2,1-2H3,(H,23,24)(H,25,26). The van der Waals surface area contributed by atoms with Crippen LogP contribution in [-0.4, -0.2) is 23.6 Å². The summed E-state index contributed by atoms with van der Waals surface area (Å²) in [6.45, 7) is 3.64. The van der Waals surface area contributed by atoms with Crippen LogP contribution >= 0.6 is 23.2 Å². The number of carboxylic acids is 1. The number of hydrogen-bond acceptors (Lipinski definition) is 4. The van der Waals surface area contributed by atoms with E-state index < -0.39 is 11.9 Å². The second-order valence-electron chi connectivity index (χ2n) is 5.72. The first kappa shape index (κ1) is 21.6. The number of ether oxygens (including phenoxy) is 2. The molecule has 0 bridgehead atoms. The topological polar surface area (TPSA) is 84.9 Å². The van der Waals surface area contributed by atoms with Crippen LogP contribution in [0, 0.1) is 0 Å². The Balaban J connectivity index is 2.33. The Morgan fingerprint density at radius 2 is 1.82 bits per heavy atom. The van der Waals surface area contributed by atoms with E-state index in [1.807, 2.05) is 12.1 Å². The maximum absolute atomic E-state index is 11.3. The van der Waals surface area contributed by atoms with Crippen molar-refractivity contribution in [3.05, 3.63) is 63.3 Å². The largest absolute Gasteiger partial charge is 0.490 e. The molecule has 0 aliphatic rings. The molecule has 6 nitrogen and oxygen atoms in total. The van der Waals surface area contributed by atoms with Gasteiger partial charge in [-0.3, -0.25) is 4.79 Å². The minimum Gasteiger partial charge on any atom is -0.490 e. The van der Waals surface area contributed by atoms with Crippen molar-refractivity contribution < 1.29 is 24.2 Å². The molecule has 0 unspecified atom stereocenters. The van der Waals surface area contributed by atoms with Crippen molar-refractivity contribution in [3.63, 3.8) is 0 Å². The zero-order valence-electron chi connectivity index (χ0n) is 15.3. The van der Waals surface area contributed by atoms with E-state index in [2.05, 4.69) is 5.32 Å². The fourth-order valence-corrected chi connectivity index (χ4v) is 2.72. The number of benzene rings is 2. The lowest BCUT2D eigenvalue weighted by molar-refractivity contribution is -0.134. The van der Waals surface area contributed by atoms with Crippen molar-refractivity contribution in [3.8, 4) is 11.5 Å². The molecule has 0 radical (unpaired) electrons. The van der Waals surface area contributed by atoms with Crippen LogP contribution in [0.25, 0.3) is 6.08 Å². The van der Waals surface area contributed by atoms with Crippen molar-refractivity contribution >= 4 is 41.2 Å². The van der Waals surface area contributed by atoms with Crippen molar-refractivity contribution in [2.45, 2.75) is 20.5 Å². The number of amides is 1. The van der Waals surface area contributed by atoms with Gasteiger partial charge in [0.15, 0.2) is 11.5 Å². The Morgan fingerprint density at radius 3 is 2.39 bits per heavy atom. The average molecular weight is 424 g/mol. The number of nitrogens with one attached hydrogen (secondary N) is 1. The lowest BCUT2D eigenvalue weighted by Gasteiger charge is -2.15. The number of aliphatic carboxylic acids is 1. The lowest BCUT2D eigenvalue weighted by Crippen LogP contribution is -2.24. The van der Waals surface area contributed by atoms with Crippen molar-refractivity contribution in [2.24, 2.45) is 0 Å². The van der Waals surface area contributed by atoms with Gasteiger partial charge in [0.05, 0.1) is 11.6 Å². The highest BCUT2D eigenvalue weighted by atomic mass is 35.5. The lowest BCUT2D eigenvalue weighted by atomic mass is 10.1. The van der Waals surface area contributed by atoms with E-state index in [0.29, 0.717) is 28.7 Å². The van der Waals surface area contributed by atoms with Crippen LogP contribution in [0.2, 0.25) is 10.0 Å². The maximum Gasteiger partial charge on any atom is 0.352 e. The number of carboxylic acid groups (broad SMARTS) is 1. The smallest absolute Gasteiger partial charge is 0.352 e. The highest BCUT2D eigenvalue weighted by molar-refractivity contribution is 6.32. The molecule has 28 heavy (non-hydrogen) atoms. The predicted molar refractivity (Wildman–Crippen MR) is 108 cm³/mol. The zero-order chi connectivity index (χ0) is 20.7. The van der Waals surface area contributed by atoms with Gasteiger partial charge < -0.3 is 19.9 Å². The molecule has 2 aromatic carbocycles. The van der Waals surface area contributed by atoms with Crippen molar-refractivity contribution in [2.75, 3.05) is 6.61 Å². The summed E-state index contributed by atoms with van der Waals surface area (Å²) < 4.78 is 11.4. The molecule has 0 heterocycles. The molecule has 148 valence electrons. The zero-order valence-corrected chi connectivity index (χ0v) is 16.8. The first-order chi connectivity index (χ1) is 13.3. The summed E-state index contributed by atoms with van der Waals surface area (Å²) in [4.78, 5) is 22.5. The molecular weight excluding hydrogens is 405 g/mol. The van der Waals surface area contributed by atoms with Gasteiger partial charge in [0.2, 0.25) is 5.91 Å². The van der Waals surface area contributed by atoms with Crippen LogP contribution in [0.4, 0.5) is 0 Å². The second kappa shape index (κ2) is 10.0. The minimum absolute atomic E-state index is 0.248. The number of carbonyl (C=O) groups excluding carboxylic acids is 1. The van der Waals surface area contributed by atoms with Gasteiger partial charge in [0.25, 0.3) is 0 Å². The SMILES string of the molecule is CCOc1cc(C=C(NC(C)=O)C(=O)O)cc(Cl)c1OCc1ccc(Cl)cc1. The number of carbonyl (C=O) groups is 2. The monoisotopic (exact) mass is 423 g/mol. The van der Waals surface area contributed by atoms with Crippen LogP contribution in [0.15, 0.2) is 42.1 Å². The molecular formula is C20H19Cl2NO5.